The summed E-state index contributed by atoms with van der Waals surface area (Å²) in [6.07, 6.45) is 3.07. The van der Waals surface area contributed by atoms with E-state index < -0.39 is 42.1 Å². The maximum Gasteiger partial charge on any atom is 2.00 e. The Bertz CT molecular complexity index is 496. The Balaban J connectivity index is 0. The number of rotatable bonds is 13. The number of hydrogen-bond donors (Lipinski definition) is 2. The van der Waals surface area contributed by atoms with Crippen LogP contribution in [0.15, 0.2) is 12.2 Å². The predicted octanol–water partition coefficient (Wildman–Crippen LogP) is -2.71. The fourth-order valence-corrected chi connectivity index (χ4v) is 2.43. The van der Waals surface area contributed by atoms with E-state index in [-0.39, 0.29) is 57.4 Å². The molecule has 10 heteroatoms. The first-order valence-electron chi connectivity index (χ1n) is 8.51. The van der Waals surface area contributed by atoms with Crippen LogP contribution in [0.2, 0.25) is 0 Å². The van der Waals surface area contributed by atoms with E-state index in [0.717, 1.165) is 0 Å². The molecule has 0 aromatic rings. The van der Waals surface area contributed by atoms with E-state index in [4.69, 9.17) is 5.11 Å². The van der Waals surface area contributed by atoms with Crippen molar-refractivity contribution in [1.82, 2.24) is 9.80 Å². The maximum absolute atomic E-state index is 11.2. The second-order valence-corrected chi connectivity index (χ2v) is 6.14. The van der Waals surface area contributed by atoms with E-state index in [9.17, 15) is 29.7 Å². The van der Waals surface area contributed by atoms with E-state index in [1.54, 1.807) is 6.08 Å². The maximum atomic E-state index is 11.2. The third-order valence-corrected chi connectivity index (χ3v) is 4.24. The molecular formula is C17H28CaN2O7. The van der Waals surface area contributed by atoms with Crippen LogP contribution in [0.3, 0.4) is 0 Å². The summed E-state index contributed by atoms with van der Waals surface area (Å²) >= 11 is 0. The summed E-state index contributed by atoms with van der Waals surface area (Å²) in [6, 6.07) is -3.32. The molecule has 0 aromatic carbocycles. The van der Waals surface area contributed by atoms with Gasteiger partial charge in [0.05, 0.1) is 18.0 Å². The number of carbonyl (C=O) groups is 3. The first-order chi connectivity index (χ1) is 12.0. The number of nitrogens with zero attached hydrogens (tertiary/aromatic N) is 2. The Labute approximate surface area is 189 Å². The second-order valence-electron chi connectivity index (χ2n) is 6.14. The number of hydrogen-bond acceptors (Lipinski definition) is 8. The molecule has 0 saturated carbocycles. The molecule has 0 fully saturated rings. The fraction of sp³-hybridized carbons (Fsp3) is 0.706. The summed E-state index contributed by atoms with van der Waals surface area (Å²) in [6.45, 7) is 5.90. The average Bonchev–Trinajstić information content (AvgIpc) is 2.57. The Morgan fingerprint density at radius 3 is 1.93 bits per heavy atom. The van der Waals surface area contributed by atoms with Crippen molar-refractivity contribution in [1.29, 1.82) is 0 Å². The SMILES string of the molecule is CC/C=C/C(O)CN(CCN(C(C)C(=O)[O-])C(C)C(=O)O)C(C)C(=O)[O-].[Ca+2]. The summed E-state index contributed by atoms with van der Waals surface area (Å²) in [4.78, 5) is 36.2. The Kier molecular flexibility index (Phi) is 15.1. The molecule has 0 bridgehead atoms. The zero-order chi connectivity index (χ0) is 20.4. The average molecular weight is 412 g/mol. The monoisotopic (exact) mass is 412 g/mol. The molecule has 0 amide bonds. The standard InChI is InChI=1S/C17H30N2O7.Ca/c1-5-6-7-14(20)10-18(11(2)15(21)22)8-9-19(12(3)16(23)24)13(4)17(25)26;/h6-7,11-14,20H,5,8-10H2,1-4H3,(H,21,22)(H,23,24)(H,25,26);/q;+2/p-2/b7-6+;. The van der Waals surface area contributed by atoms with E-state index >= 15 is 0 Å². The molecule has 150 valence electrons. The van der Waals surface area contributed by atoms with Crippen molar-refractivity contribution in [3.8, 4) is 0 Å². The normalized spacial score (nSPS) is 16.0. The number of allylic oxidation sites excluding steroid dienone is 1. The molecule has 27 heavy (non-hydrogen) atoms. The molecule has 2 N–H and O–H groups in total. The smallest absolute Gasteiger partial charge is 0.548 e. The van der Waals surface area contributed by atoms with Crippen LogP contribution in [0.5, 0.6) is 0 Å². The molecule has 4 unspecified atom stereocenters. The summed E-state index contributed by atoms with van der Waals surface area (Å²) in [7, 11) is 0. The van der Waals surface area contributed by atoms with Gasteiger partial charge in [0.25, 0.3) is 0 Å². The molecule has 0 aliphatic carbocycles. The largest absolute Gasteiger partial charge is 2.00 e. The van der Waals surface area contributed by atoms with Crippen LogP contribution < -0.4 is 10.2 Å². The van der Waals surface area contributed by atoms with Crippen molar-refractivity contribution in [2.24, 2.45) is 0 Å². The number of aliphatic hydroxyl groups is 1. The molecule has 0 aliphatic rings. The van der Waals surface area contributed by atoms with Crippen LogP contribution in [0.1, 0.15) is 34.1 Å². The van der Waals surface area contributed by atoms with Crippen molar-refractivity contribution in [3.63, 3.8) is 0 Å². The molecule has 0 heterocycles. The van der Waals surface area contributed by atoms with Crippen LogP contribution in [0.25, 0.3) is 0 Å². The minimum atomic E-state index is -1.43. The van der Waals surface area contributed by atoms with Gasteiger partial charge in [-0.2, -0.15) is 0 Å². The van der Waals surface area contributed by atoms with Crippen LogP contribution in [-0.4, -0.2) is 120 Å². The van der Waals surface area contributed by atoms with Crippen molar-refractivity contribution >= 4 is 55.6 Å². The topological polar surface area (TPSA) is 144 Å². The third-order valence-electron chi connectivity index (χ3n) is 4.24. The van der Waals surface area contributed by atoms with Gasteiger partial charge < -0.3 is 30.0 Å². The molecule has 0 rings (SSSR count). The van der Waals surface area contributed by atoms with Gasteiger partial charge in [-0.15, -0.1) is 0 Å². The van der Waals surface area contributed by atoms with Gasteiger partial charge in [0.1, 0.15) is 6.04 Å². The molecule has 0 radical (unpaired) electrons. The van der Waals surface area contributed by atoms with E-state index in [1.807, 2.05) is 6.92 Å². The number of carbonyl (C=O) groups excluding carboxylic acids is 2. The fourth-order valence-electron chi connectivity index (χ4n) is 2.43. The molecule has 0 spiro atoms. The third kappa shape index (κ3) is 10.4. The van der Waals surface area contributed by atoms with Crippen molar-refractivity contribution < 1.29 is 34.8 Å². The van der Waals surface area contributed by atoms with Crippen molar-refractivity contribution in [2.75, 3.05) is 19.6 Å². The van der Waals surface area contributed by atoms with Crippen molar-refractivity contribution in [3.05, 3.63) is 12.2 Å². The zero-order valence-electron chi connectivity index (χ0n) is 16.3. The van der Waals surface area contributed by atoms with Gasteiger partial charge in [0.15, 0.2) is 0 Å². The zero-order valence-corrected chi connectivity index (χ0v) is 18.5. The predicted molar refractivity (Wildman–Crippen MR) is 95.5 cm³/mol. The molecule has 0 saturated heterocycles. The molecule has 9 nitrogen and oxygen atoms in total. The second kappa shape index (κ2) is 14.3. The molecule has 4 atom stereocenters. The van der Waals surface area contributed by atoms with E-state index in [2.05, 4.69) is 0 Å². The Morgan fingerprint density at radius 2 is 1.52 bits per heavy atom. The Hall–Kier alpha value is -0.710. The number of carboxylic acids is 3. The number of carboxylic acid groups (broad SMARTS) is 3. The molecule has 0 aliphatic heterocycles. The first-order valence-corrected chi connectivity index (χ1v) is 8.51. The van der Waals surface area contributed by atoms with Gasteiger partial charge in [0, 0.05) is 31.7 Å². The van der Waals surface area contributed by atoms with Crippen LogP contribution in [0, 0.1) is 0 Å². The minimum absolute atomic E-state index is 0. The molecular weight excluding hydrogens is 384 g/mol. The van der Waals surface area contributed by atoms with Gasteiger partial charge in [-0.3, -0.25) is 14.6 Å². The van der Waals surface area contributed by atoms with Gasteiger partial charge in [-0.25, -0.2) is 0 Å². The van der Waals surface area contributed by atoms with Crippen LogP contribution >= 0.6 is 0 Å². The van der Waals surface area contributed by atoms with Crippen LogP contribution in [0.4, 0.5) is 0 Å². The summed E-state index contributed by atoms with van der Waals surface area (Å²) in [5.41, 5.74) is 0. The van der Waals surface area contributed by atoms with Gasteiger partial charge in [-0.05, 0) is 27.2 Å². The van der Waals surface area contributed by atoms with E-state index in [0.29, 0.717) is 6.42 Å². The van der Waals surface area contributed by atoms with E-state index in [1.165, 1.54) is 36.6 Å². The summed E-state index contributed by atoms with van der Waals surface area (Å²) < 4.78 is 0. The van der Waals surface area contributed by atoms with Crippen molar-refractivity contribution in [2.45, 2.75) is 58.3 Å². The minimum Gasteiger partial charge on any atom is -0.548 e. The quantitative estimate of drug-likeness (QED) is 0.244. The molecule has 0 aromatic heterocycles. The summed E-state index contributed by atoms with van der Waals surface area (Å²) in [5, 5.41) is 41.5. The Morgan fingerprint density at radius 1 is 1.00 bits per heavy atom. The first kappa shape index (κ1) is 28.5. The number of aliphatic hydroxyl groups excluding tert-OH is 1. The summed E-state index contributed by atoms with van der Waals surface area (Å²) in [5.74, 6) is -3.98. The van der Waals surface area contributed by atoms with Crippen LogP contribution in [-0.2, 0) is 14.4 Å². The van der Waals surface area contributed by atoms with Gasteiger partial charge in [-0.1, -0.05) is 19.1 Å². The number of aliphatic carboxylic acids is 3. The van der Waals surface area contributed by atoms with Gasteiger partial charge >= 0.3 is 43.7 Å². The van der Waals surface area contributed by atoms with Gasteiger partial charge in [0.2, 0.25) is 0 Å².